The summed E-state index contributed by atoms with van der Waals surface area (Å²) in [6.07, 6.45) is -16.1. The first kappa shape index (κ1) is 32.5. The van der Waals surface area contributed by atoms with E-state index in [1.54, 1.807) is 0 Å². The van der Waals surface area contributed by atoms with E-state index in [0.717, 1.165) is 0 Å². The van der Waals surface area contributed by atoms with Gasteiger partial charge in [0.15, 0.2) is 12.6 Å². The molecule has 0 saturated carbocycles. The average Bonchev–Trinajstić information content (AvgIpc) is 2.83. The van der Waals surface area contributed by atoms with Crippen LogP contribution in [0.15, 0.2) is 0 Å². The van der Waals surface area contributed by atoms with Crippen LogP contribution in [-0.2, 0) is 28.5 Å². The van der Waals surface area contributed by atoms with E-state index < -0.39 is 92.9 Å². The summed E-state index contributed by atoms with van der Waals surface area (Å²) in [5.74, 6) is -1.73. The Balaban J connectivity index is 0.000000426. The quantitative estimate of drug-likeness (QED) is 0.0932. The van der Waals surface area contributed by atoms with Crippen molar-refractivity contribution in [2.45, 2.75) is 100 Å². The summed E-state index contributed by atoms with van der Waals surface area (Å²) in [6.45, 7) is 0.497. The number of rotatable bonds is 10. The van der Waals surface area contributed by atoms with Gasteiger partial charge in [-0.25, -0.2) is 0 Å². The van der Waals surface area contributed by atoms with Gasteiger partial charge in [-0.05, 0) is 0 Å². The van der Waals surface area contributed by atoms with E-state index in [0.29, 0.717) is 12.8 Å². The lowest BCUT2D eigenvalue weighted by Crippen LogP contribution is -2.64. The molecule has 0 aromatic rings. The molecule has 2 aliphatic rings. The Hall–Kier alpha value is -1.54. The van der Waals surface area contributed by atoms with Gasteiger partial charge in [-0.2, -0.15) is 0 Å². The largest absolute Gasteiger partial charge is 0.481 e. The third-order valence-electron chi connectivity index (χ3n) is 5.33. The van der Waals surface area contributed by atoms with E-state index in [1.807, 2.05) is 6.92 Å². The third-order valence-corrected chi connectivity index (χ3v) is 5.33. The molecule has 0 amide bonds. The van der Waals surface area contributed by atoms with Gasteiger partial charge in [0, 0.05) is 6.42 Å². The number of aliphatic carboxylic acids is 1. The fourth-order valence-corrected chi connectivity index (χ4v) is 3.30. The zero-order valence-corrected chi connectivity index (χ0v) is 19.5. The van der Waals surface area contributed by atoms with E-state index in [1.165, 1.54) is 0 Å². The summed E-state index contributed by atoms with van der Waals surface area (Å²) >= 11 is 0. The van der Waals surface area contributed by atoms with Crippen LogP contribution in [0, 0.1) is 0 Å². The van der Waals surface area contributed by atoms with Crippen molar-refractivity contribution in [2.24, 2.45) is 0 Å². The molecule has 2 saturated heterocycles. The van der Waals surface area contributed by atoms with Crippen LogP contribution in [0.3, 0.4) is 0 Å². The molecule has 0 aromatic heterocycles. The van der Waals surface area contributed by atoms with Gasteiger partial charge in [0.2, 0.25) is 6.29 Å². The first-order valence-corrected chi connectivity index (χ1v) is 11.2. The smallest absolute Gasteiger partial charge is 0.308 e. The van der Waals surface area contributed by atoms with Crippen LogP contribution >= 0.6 is 0 Å². The fraction of sp³-hybridized carbons (Fsp3) is 0.900. The zero-order chi connectivity index (χ0) is 27.6. The number of ether oxygens (including phenoxy) is 4. The minimum absolute atomic E-state index is 0.198. The van der Waals surface area contributed by atoms with Crippen LogP contribution in [0.4, 0.5) is 0 Å². The number of hydrogen-bond donors (Lipinski definition) is 10. The zero-order valence-electron chi connectivity index (χ0n) is 19.5. The SMILES string of the molecule is CCCC(O)OC(=O)CCC(=O)O.OC[C@H]1O[C@@H](O[C@H]2[C@H](O)[C@@H](O)[C@H](O)O[C@@H]2CO)[C@H](O)[C@@H](O)[C@@H]1O. The lowest BCUT2D eigenvalue weighted by molar-refractivity contribution is -0.355. The predicted molar refractivity (Wildman–Crippen MR) is 112 cm³/mol. The summed E-state index contributed by atoms with van der Waals surface area (Å²) in [5.41, 5.74) is 0. The molecular formula is C20H36O16. The van der Waals surface area contributed by atoms with Gasteiger partial charge in [0.1, 0.15) is 48.8 Å². The Bertz CT molecular complexity index is 660. The number of carboxylic acids is 1. The molecule has 0 bridgehead atoms. The number of aliphatic hydroxyl groups is 9. The van der Waals surface area contributed by atoms with Gasteiger partial charge in [0.05, 0.1) is 26.1 Å². The molecule has 2 rings (SSSR count). The van der Waals surface area contributed by atoms with Crippen molar-refractivity contribution in [2.75, 3.05) is 13.2 Å². The van der Waals surface area contributed by atoms with Crippen molar-refractivity contribution < 1.29 is 79.6 Å². The highest BCUT2D eigenvalue weighted by molar-refractivity contribution is 5.76. The second-order valence-electron chi connectivity index (χ2n) is 8.15. The minimum atomic E-state index is -1.74. The molecule has 2 aliphatic heterocycles. The fourth-order valence-electron chi connectivity index (χ4n) is 3.30. The van der Waals surface area contributed by atoms with Gasteiger partial charge in [-0.1, -0.05) is 13.3 Å². The van der Waals surface area contributed by atoms with Crippen molar-refractivity contribution in [3.8, 4) is 0 Å². The monoisotopic (exact) mass is 532 g/mol. The Morgan fingerprint density at radius 1 is 0.833 bits per heavy atom. The van der Waals surface area contributed by atoms with Gasteiger partial charge in [0.25, 0.3) is 0 Å². The summed E-state index contributed by atoms with van der Waals surface area (Å²) in [7, 11) is 0. The van der Waals surface area contributed by atoms with E-state index in [2.05, 4.69) is 4.74 Å². The maximum Gasteiger partial charge on any atom is 0.308 e. The van der Waals surface area contributed by atoms with Crippen LogP contribution in [0.5, 0.6) is 0 Å². The molecule has 1 unspecified atom stereocenters. The van der Waals surface area contributed by atoms with Gasteiger partial charge in [-0.3, -0.25) is 9.59 Å². The second-order valence-corrected chi connectivity index (χ2v) is 8.15. The number of hydrogen-bond acceptors (Lipinski definition) is 15. The predicted octanol–water partition coefficient (Wildman–Crippen LogP) is -4.88. The van der Waals surface area contributed by atoms with Crippen molar-refractivity contribution >= 4 is 11.9 Å². The summed E-state index contributed by atoms with van der Waals surface area (Å²) < 4.78 is 19.8. The highest BCUT2D eigenvalue weighted by atomic mass is 16.7. The van der Waals surface area contributed by atoms with Crippen molar-refractivity contribution in [3.63, 3.8) is 0 Å². The molecule has 16 nitrogen and oxygen atoms in total. The summed E-state index contributed by atoms with van der Waals surface area (Å²) in [4.78, 5) is 20.8. The number of esters is 1. The Kier molecular flexibility index (Phi) is 14.1. The van der Waals surface area contributed by atoms with Crippen molar-refractivity contribution in [3.05, 3.63) is 0 Å². The highest BCUT2D eigenvalue weighted by Gasteiger charge is 2.50. The normalized spacial score (nSPS) is 37.4. The van der Waals surface area contributed by atoms with Crippen LogP contribution < -0.4 is 0 Å². The first-order valence-electron chi connectivity index (χ1n) is 11.2. The van der Waals surface area contributed by atoms with Crippen LogP contribution in [0.25, 0.3) is 0 Å². The molecule has 2 heterocycles. The van der Waals surface area contributed by atoms with Crippen LogP contribution in [-0.4, -0.2) is 144 Å². The first-order chi connectivity index (χ1) is 16.9. The summed E-state index contributed by atoms with van der Waals surface area (Å²) in [5, 5.41) is 93.7. The molecule has 0 spiro atoms. The van der Waals surface area contributed by atoms with Gasteiger partial charge >= 0.3 is 11.9 Å². The maximum atomic E-state index is 10.8. The Morgan fingerprint density at radius 2 is 1.44 bits per heavy atom. The topological polar surface area (TPSA) is 273 Å². The standard InChI is InChI=1S/C12H22O11.C8H14O5/c13-1-3-5(15)6(16)9(19)12(22-3)23-10-4(2-14)21-11(20)8(18)7(10)17;1-2-3-7(11)13-8(12)5-4-6(9)10/h3-20H,1-2H2;7,11H,2-5H2,1H3,(H,9,10)/t3-,4-,5-,6+,7-,8-,9-,10-,11-,12+;/m1./s1. The molecule has 2 fully saturated rings. The van der Waals surface area contributed by atoms with E-state index in [9.17, 15) is 45.3 Å². The molecular weight excluding hydrogens is 496 g/mol. The number of carbonyl (C=O) groups is 2. The second kappa shape index (κ2) is 15.7. The molecule has 11 atom stereocenters. The molecule has 10 N–H and O–H groups in total. The number of carboxylic acid groups (broad SMARTS) is 1. The van der Waals surface area contributed by atoms with Gasteiger partial charge in [-0.15, -0.1) is 0 Å². The molecule has 0 radical (unpaired) electrons. The lowest BCUT2D eigenvalue weighted by Gasteiger charge is -2.45. The van der Waals surface area contributed by atoms with E-state index >= 15 is 0 Å². The Labute approximate surface area is 205 Å². The number of carbonyl (C=O) groups excluding carboxylic acids is 1. The van der Waals surface area contributed by atoms with Crippen LogP contribution in [0.2, 0.25) is 0 Å². The lowest BCUT2D eigenvalue weighted by atomic mass is 9.97. The molecule has 16 heteroatoms. The van der Waals surface area contributed by atoms with Gasteiger partial charge < -0.3 is 70.0 Å². The maximum absolute atomic E-state index is 10.8. The van der Waals surface area contributed by atoms with E-state index in [4.69, 9.17) is 29.5 Å². The third kappa shape index (κ3) is 9.40. The molecule has 0 aromatic carbocycles. The average molecular weight is 532 g/mol. The highest BCUT2D eigenvalue weighted by Crippen LogP contribution is 2.28. The van der Waals surface area contributed by atoms with Crippen molar-refractivity contribution in [1.29, 1.82) is 0 Å². The summed E-state index contributed by atoms with van der Waals surface area (Å²) in [6, 6.07) is 0. The Morgan fingerprint density at radius 3 is 1.97 bits per heavy atom. The van der Waals surface area contributed by atoms with Crippen LogP contribution in [0.1, 0.15) is 32.6 Å². The molecule has 36 heavy (non-hydrogen) atoms. The minimum Gasteiger partial charge on any atom is -0.481 e. The van der Waals surface area contributed by atoms with Crippen molar-refractivity contribution in [1.82, 2.24) is 0 Å². The molecule has 212 valence electrons. The van der Waals surface area contributed by atoms with E-state index in [-0.39, 0.29) is 12.8 Å². The molecule has 0 aliphatic carbocycles. The number of aliphatic hydroxyl groups excluding tert-OH is 9.